The van der Waals surface area contributed by atoms with Crippen LogP contribution in [0.5, 0.6) is 5.75 Å². The van der Waals surface area contributed by atoms with E-state index in [1.807, 2.05) is 4.90 Å². The third kappa shape index (κ3) is 2.73. The topological polar surface area (TPSA) is 75.9 Å². The quantitative estimate of drug-likeness (QED) is 0.834. The number of piperidine rings is 1. The van der Waals surface area contributed by atoms with Crippen LogP contribution in [0.25, 0.3) is 0 Å². The molecule has 22 heavy (non-hydrogen) atoms. The minimum absolute atomic E-state index is 0.0256. The molecule has 0 bridgehead atoms. The molecule has 0 saturated carbocycles. The summed E-state index contributed by atoms with van der Waals surface area (Å²) in [5.41, 5.74) is 6.93. The number of anilines is 2. The van der Waals surface area contributed by atoms with E-state index < -0.39 is 0 Å². The van der Waals surface area contributed by atoms with Crippen LogP contribution in [0.2, 0.25) is 0 Å². The van der Waals surface area contributed by atoms with Gasteiger partial charge < -0.3 is 15.4 Å². The van der Waals surface area contributed by atoms with Crippen molar-refractivity contribution in [1.82, 2.24) is 4.90 Å². The summed E-state index contributed by atoms with van der Waals surface area (Å²) < 4.78 is 5.39. The molecule has 0 radical (unpaired) electrons. The molecule has 2 aliphatic rings. The SMILES string of the molecule is CC1CCN(C(=O)CN2C(=O)COc3cccc(N)c32)CC1. The Hall–Kier alpha value is -2.24. The molecule has 0 aromatic heterocycles. The number of nitrogen functional groups attached to an aromatic ring is 1. The van der Waals surface area contributed by atoms with E-state index >= 15 is 0 Å². The molecule has 1 aromatic rings. The number of nitrogens with zero attached hydrogens (tertiary/aromatic N) is 2. The first-order valence-corrected chi connectivity index (χ1v) is 7.65. The zero-order valence-electron chi connectivity index (χ0n) is 12.7. The first kappa shape index (κ1) is 14.7. The zero-order valence-corrected chi connectivity index (χ0v) is 12.7. The van der Waals surface area contributed by atoms with Gasteiger partial charge in [-0.2, -0.15) is 0 Å². The van der Waals surface area contributed by atoms with Crippen molar-refractivity contribution >= 4 is 23.2 Å². The van der Waals surface area contributed by atoms with Crippen molar-refractivity contribution in [3.63, 3.8) is 0 Å². The maximum absolute atomic E-state index is 12.5. The van der Waals surface area contributed by atoms with Crippen LogP contribution in [0.3, 0.4) is 0 Å². The van der Waals surface area contributed by atoms with Gasteiger partial charge in [0, 0.05) is 13.1 Å². The van der Waals surface area contributed by atoms with Crippen molar-refractivity contribution in [2.24, 2.45) is 5.92 Å². The molecule has 0 spiro atoms. The lowest BCUT2D eigenvalue weighted by Gasteiger charge is -2.34. The molecule has 2 N–H and O–H groups in total. The van der Waals surface area contributed by atoms with Crippen LogP contribution in [0.4, 0.5) is 11.4 Å². The molecule has 1 aromatic carbocycles. The monoisotopic (exact) mass is 303 g/mol. The van der Waals surface area contributed by atoms with E-state index in [4.69, 9.17) is 10.5 Å². The van der Waals surface area contributed by atoms with Gasteiger partial charge in [-0.3, -0.25) is 14.5 Å². The van der Waals surface area contributed by atoms with Gasteiger partial charge in [-0.05, 0) is 30.9 Å². The third-order valence-electron chi connectivity index (χ3n) is 4.38. The van der Waals surface area contributed by atoms with Gasteiger partial charge in [0.15, 0.2) is 6.61 Å². The number of nitrogens with two attached hydrogens (primary N) is 1. The van der Waals surface area contributed by atoms with Crippen molar-refractivity contribution in [3.05, 3.63) is 18.2 Å². The van der Waals surface area contributed by atoms with E-state index in [1.165, 1.54) is 4.90 Å². The predicted molar refractivity (Wildman–Crippen MR) is 83.7 cm³/mol. The van der Waals surface area contributed by atoms with E-state index in [0.717, 1.165) is 25.9 Å². The zero-order chi connectivity index (χ0) is 15.7. The summed E-state index contributed by atoms with van der Waals surface area (Å²) in [6, 6.07) is 5.25. The second-order valence-corrected chi connectivity index (χ2v) is 6.03. The molecule has 6 heteroatoms. The fraction of sp³-hybridized carbons (Fsp3) is 0.500. The number of para-hydroxylation sites is 1. The molecule has 2 aliphatic heterocycles. The average Bonchev–Trinajstić information content (AvgIpc) is 2.51. The summed E-state index contributed by atoms with van der Waals surface area (Å²) in [4.78, 5) is 27.9. The number of ether oxygens (including phenoxy) is 1. The number of carbonyl (C=O) groups is 2. The number of likely N-dealkylation sites (tertiary alicyclic amines) is 1. The Morgan fingerprint density at radius 3 is 2.82 bits per heavy atom. The van der Waals surface area contributed by atoms with E-state index in [9.17, 15) is 9.59 Å². The fourth-order valence-electron chi connectivity index (χ4n) is 2.95. The van der Waals surface area contributed by atoms with E-state index in [2.05, 4.69) is 6.92 Å². The van der Waals surface area contributed by atoms with Crippen molar-refractivity contribution in [2.45, 2.75) is 19.8 Å². The van der Waals surface area contributed by atoms with Crippen molar-refractivity contribution < 1.29 is 14.3 Å². The number of hydrogen-bond donors (Lipinski definition) is 1. The molecule has 2 amide bonds. The molecule has 3 rings (SSSR count). The third-order valence-corrected chi connectivity index (χ3v) is 4.38. The van der Waals surface area contributed by atoms with Gasteiger partial charge in [0.05, 0.1) is 5.69 Å². The van der Waals surface area contributed by atoms with Crippen LogP contribution in [-0.4, -0.2) is 43.0 Å². The van der Waals surface area contributed by atoms with Crippen LogP contribution < -0.4 is 15.4 Å². The first-order chi connectivity index (χ1) is 10.6. The lowest BCUT2D eigenvalue weighted by Crippen LogP contribution is -2.48. The Bertz CT molecular complexity index is 594. The molecular formula is C16H21N3O3. The van der Waals surface area contributed by atoms with Crippen LogP contribution in [0.1, 0.15) is 19.8 Å². The van der Waals surface area contributed by atoms with Gasteiger partial charge in [-0.1, -0.05) is 13.0 Å². The van der Waals surface area contributed by atoms with Gasteiger partial charge >= 0.3 is 0 Å². The van der Waals surface area contributed by atoms with E-state index in [-0.39, 0.29) is 25.0 Å². The number of benzene rings is 1. The van der Waals surface area contributed by atoms with Crippen molar-refractivity contribution in [2.75, 3.05) is 36.9 Å². The Labute approximate surface area is 129 Å². The minimum atomic E-state index is -0.232. The summed E-state index contributed by atoms with van der Waals surface area (Å²) in [6.07, 6.45) is 2.03. The second kappa shape index (κ2) is 5.87. The smallest absolute Gasteiger partial charge is 0.265 e. The molecule has 6 nitrogen and oxygen atoms in total. The maximum atomic E-state index is 12.5. The molecular weight excluding hydrogens is 282 g/mol. The highest BCUT2D eigenvalue weighted by Crippen LogP contribution is 2.37. The van der Waals surface area contributed by atoms with Gasteiger partial charge in [0.25, 0.3) is 5.91 Å². The Kier molecular flexibility index (Phi) is 3.92. The van der Waals surface area contributed by atoms with Crippen molar-refractivity contribution in [1.29, 1.82) is 0 Å². The van der Waals surface area contributed by atoms with Crippen LogP contribution >= 0.6 is 0 Å². The van der Waals surface area contributed by atoms with E-state index in [0.29, 0.717) is 23.0 Å². The number of carbonyl (C=O) groups excluding carboxylic acids is 2. The first-order valence-electron chi connectivity index (χ1n) is 7.65. The Balaban J connectivity index is 1.77. The lowest BCUT2D eigenvalue weighted by atomic mass is 9.99. The lowest BCUT2D eigenvalue weighted by molar-refractivity contribution is -0.133. The summed E-state index contributed by atoms with van der Waals surface area (Å²) in [5.74, 6) is 0.950. The predicted octanol–water partition coefficient (Wildman–Crippen LogP) is 1.25. The van der Waals surface area contributed by atoms with Crippen LogP contribution in [-0.2, 0) is 9.59 Å². The molecule has 1 fully saturated rings. The highest BCUT2D eigenvalue weighted by Gasteiger charge is 2.31. The number of hydrogen-bond acceptors (Lipinski definition) is 4. The molecule has 1 saturated heterocycles. The summed E-state index contributed by atoms with van der Waals surface area (Å²) in [6.45, 7) is 3.69. The van der Waals surface area contributed by atoms with Gasteiger partial charge in [0.2, 0.25) is 5.91 Å². The second-order valence-electron chi connectivity index (χ2n) is 6.03. The normalized spacial score (nSPS) is 18.9. The fourth-order valence-corrected chi connectivity index (χ4v) is 2.95. The average molecular weight is 303 g/mol. The number of amides is 2. The standard InChI is InChI=1S/C16H21N3O3/c1-11-5-7-18(8-6-11)14(20)9-19-15(21)10-22-13-4-2-3-12(17)16(13)19/h2-4,11H,5-10,17H2,1H3. The van der Waals surface area contributed by atoms with Gasteiger partial charge in [0.1, 0.15) is 18.0 Å². The summed E-state index contributed by atoms with van der Waals surface area (Å²) in [5, 5.41) is 0. The molecule has 0 unspecified atom stereocenters. The highest BCUT2D eigenvalue weighted by atomic mass is 16.5. The summed E-state index contributed by atoms with van der Waals surface area (Å²) in [7, 11) is 0. The van der Waals surface area contributed by atoms with E-state index in [1.54, 1.807) is 18.2 Å². The number of fused-ring (bicyclic) bond motifs is 1. The Morgan fingerprint density at radius 1 is 1.36 bits per heavy atom. The van der Waals surface area contributed by atoms with Crippen LogP contribution in [0, 0.1) is 5.92 Å². The highest BCUT2D eigenvalue weighted by molar-refractivity contribution is 6.04. The number of rotatable bonds is 2. The molecule has 118 valence electrons. The molecule has 0 atom stereocenters. The van der Waals surface area contributed by atoms with Crippen molar-refractivity contribution in [3.8, 4) is 5.75 Å². The van der Waals surface area contributed by atoms with Crippen LogP contribution in [0.15, 0.2) is 18.2 Å². The minimum Gasteiger partial charge on any atom is -0.481 e. The van der Waals surface area contributed by atoms with Gasteiger partial charge in [-0.25, -0.2) is 0 Å². The molecule has 0 aliphatic carbocycles. The maximum Gasteiger partial charge on any atom is 0.265 e. The largest absolute Gasteiger partial charge is 0.481 e. The molecule has 2 heterocycles. The summed E-state index contributed by atoms with van der Waals surface area (Å²) >= 11 is 0. The Morgan fingerprint density at radius 2 is 2.09 bits per heavy atom. The van der Waals surface area contributed by atoms with Gasteiger partial charge in [-0.15, -0.1) is 0 Å².